The van der Waals surface area contributed by atoms with E-state index in [9.17, 15) is 4.79 Å². The van der Waals surface area contributed by atoms with Crippen LogP contribution in [0.4, 0.5) is 0 Å². The number of aryl methyl sites for hydroxylation is 1. The molecule has 0 aliphatic rings. The lowest BCUT2D eigenvalue weighted by Gasteiger charge is -2.17. The van der Waals surface area contributed by atoms with E-state index in [1.807, 2.05) is 80.8 Å². The molecular formula is C29H28Cl2N2O. The second-order valence-corrected chi connectivity index (χ2v) is 9.66. The van der Waals surface area contributed by atoms with Crippen molar-refractivity contribution in [3.8, 4) is 28.2 Å². The summed E-state index contributed by atoms with van der Waals surface area (Å²) in [5.74, 6) is 0.180. The van der Waals surface area contributed by atoms with Gasteiger partial charge in [0.25, 0.3) is 0 Å². The number of hydrogen-bond acceptors (Lipinski definition) is 2. The second-order valence-electron chi connectivity index (χ2n) is 8.78. The van der Waals surface area contributed by atoms with Gasteiger partial charge >= 0.3 is 0 Å². The van der Waals surface area contributed by atoms with Crippen LogP contribution in [-0.4, -0.2) is 35.9 Å². The molecule has 0 radical (unpaired) electrons. The van der Waals surface area contributed by atoms with Crippen molar-refractivity contribution in [3.63, 3.8) is 0 Å². The van der Waals surface area contributed by atoms with Gasteiger partial charge in [0.2, 0.25) is 0 Å². The third-order valence-corrected chi connectivity index (χ3v) is 6.42. The first-order valence-electron chi connectivity index (χ1n) is 11.4. The molecule has 0 bridgehead atoms. The molecule has 0 atom stereocenters. The Morgan fingerprint density at radius 2 is 1.35 bits per heavy atom. The van der Waals surface area contributed by atoms with E-state index in [2.05, 4.69) is 28.5 Å². The maximum absolute atomic E-state index is 12.6. The summed E-state index contributed by atoms with van der Waals surface area (Å²) in [6.07, 6.45) is 1.41. The van der Waals surface area contributed by atoms with Gasteiger partial charge in [-0.05, 0) is 93.1 Å². The molecule has 5 heteroatoms. The molecule has 3 aromatic carbocycles. The lowest BCUT2D eigenvalue weighted by Crippen LogP contribution is -2.14. The first-order valence-corrected chi connectivity index (χ1v) is 12.1. The monoisotopic (exact) mass is 490 g/mol. The summed E-state index contributed by atoms with van der Waals surface area (Å²) < 4.78 is 2.24. The standard InChI is InChI=1S/C29H28Cl2N2O/c1-20-19-25(31)14-15-26(20)33-27(16-17-28(33)22-10-12-24(30)13-11-22)21-6-8-23(9-7-21)29(34)5-4-18-32(2)3/h6-17,19H,4-5,18H2,1-3H3. The number of nitrogens with zero attached hydrogens (tertiary/aromatic N) is 2. The topological polar surface area (TPSA) is 25.2 Å². The Hall–Kier alpha value is -2.85. The van der Waals surface area contributed by atoms with Crippen LogP contribution in [0, 0.1) is 6.92 Å². The summed E-state index contributed by atoms with van der Waals surface area (Å²) in [7, 11) is 4.05. The second kappa shape index (κ2) is 10.6. The maximum atomic E-state index is 12.6. The molecule has 3 nitrogen and oxygen atoms in total. The number of Topliss-reactive ketones (excluding diaryl/α,β-unsaturated/α-hetero) is 1. The fraction of sp³-hybridized carbons (Fsp3) is 0.207. The van der Waals surface area contributed by atoms with Gasteiger partial charge in [0.05, 0.1) is 11.4 Å². The molecule has 0 amide bonds. The van der Waals surface area contributed by atoms with Crippen LogP contribution >= 0.6 is 23.2 Å². The van der Waals surface area contributed by atoms with Gasteiger partial charge in [-0.1, -0.05) is 59.6 Å². The van der Waals surface area contributed by atoms with Crippen LogP contribution in [0.2, 0.25) is 10.0 Å². The molecule has 0 aliphatic heterocycles. The van der Waals surface area contributed by atoms with Crippen LogP contribution < -0.4 is 0 Å². The van der Waals surface area contributed by atoms with Crippen molar-refractivity contribution >= 4 is 29.0 Å². The van der Waals surface area contributed by atoms with Crippen LogP contribution in [-0.2, 0) is 0 Å². The van der Waals surface area contributed by atoms with E-state index < -0.39 is 0 Å². The Labute approximate surface area is 211 Å². The molecule has 0 saturated heterocycles. The summed E-state index contributed by atoms with van der Waals surface area (Å²) >= 11 is 12.4. The fourth-order valence-corrected chi connectivity index (χ4v) is 4.52. The molecule has 4 aromatic rings. The van der Waals surface area contributed by atoms with E-state index >= 15 is 0 Å². The highest BCUT2D eigenvalue weighted by Gasteiger charge is 2.16. The van der Waals surface area contributed by atoms with E-state index in [1.54, 1.807) is 0 Å². The van der Waals surface area contributed by atoms with Crippen LogP contribution in [0.5, 0.6) is 0 Å². The van der Waals surface area contributed by atoms with E-state index in [1.165, 1.54) is 0 Å². The van der Waals surface area contributed by atoms with Gasteiger partial charge in [-0.15, -0.1) is 0 Å². The van der Waals surface area contributed by atoms with Gasteiger partial charge in [-0.25, -0.2) is 0 Å². The Bertz CT molecular complexity index is 1290. The molecule has 1 aromatic heterocycles. The van der Waals surface area contributed by atoms with Crippen LogP contribution in [0.1, 0.15) is 28.8 Å². The highest BCUT2D eigenvalue weighted by Crippen LogP contribution is 2.35. The highest BCUT2D eigenvalue weighted by molar-refractivity contribution is 6.31. The van der Waals surface area contributed by atoms with Crippen molar-refractivity contribution in [1.82, 2.24) is 9.47 Å². The first kappa shape index (κ1) is 24.3. The molecule has 4 rings (SSSR count). The minimum atomic E-state index is 0.180. The molecule has 0 saturated carbocycles. The SMILES string of the molecule is Cc1cc(Cl)ccc1-n1c(-c2ccc(Cl)cc2)ccc1-c1ccc(C(=O)CCCN(C)C)cc1. The zero-order valence-corrected chi connectivity index (χ0v) is 21.2. The molecule has 0 unspecified atom stereocenters. The quantitative estimate of drug-likeness (QED) is 0.234. The average molecular weight is 491 g/mol. The minimum absolute atomic E-state index is 0.180. The molecule has 174 valence electrons. The van der Waals surface area contributed by atoms with Crippen molar-refractivity contribution in [1.29, 1.82) is 0 Å². The number of ketones is 1. The number of benzene rings is 3. The maximum Gasteiger partial charge on any atom is 0.162 e. The van der Waals surface area contributed by atoms with Crippen molar-refractivity contribution in [2.45, 2.75) is 19.8 Å². The number of carbonyl (C=O) groups excluding carboxylic acids is 1. The Morgan fingerprint density at radius 3 is 1.91 bits per heavy atom. The van der Waals surface area contributed by atoms with Gasteiger partial charge in [0, 0.05) is 27.7 Å². The Balaban J connectivity index is 1.73. The Morgan fingerprint density at radius 1 is 0.794 bits per heavy atom. The summed E-state index contributed by atoms with van der Waals surface area (Å²) in [6, 6.07) is 25.9. The minimum Gasteiger partial charge on any atom is -0.309 e. The summed E-state index contributed by atoms with van der Waals surface area (Å²) in [6.45, 7) is 2.97. The van der Waals surface area contributed by atoms with Crippen molar-refractivity contribution in [2.75, 3.05) is 20.6 Å². The lowest BCUT2D eigenvalue weighted by molar-refractivity contribution is 0.0977. The van der Waals surface area contributed by atoms with Crippen molar-refractivity contribution in [3.05, 3.63) is 100 Å². The highest BCUT2D eigenvalue weighted by atomic mass is 35.5. The van der Waals surface area contributed by atoms with Crippen LogP contribution in [0.25, 0.3) is 28.2 Å². The van der Waals surface area contributed by atoms with Crippen molar-refractivity contribution in [2.24, 2.45) is 0 Å². The third-order valence-electron chi connectivity index (χ3n) is 5.93. The zero-order chi connectivity index (χ0) is 24.2. The van der Waals surface area contributed by atoms with E-state index in [-0.39, 0.29) is 5.78 Å². The number of rotatable bonds is 8. The van der Waals surface area contributed by atoms with E-state index in [0.29, 0.717) is 16.5 Å². The number of aromatic nitrogens is 1. The first-order chi connectivity index (χ1) is 16.3. The molecule has 0 spiro atoms. The summed E-state index contributed by atoms with van der Waals surface area (Å²) in [4.78, 5) is 14.7. The summed E-state index contributed by atoms with van der Waals surface area (Å²) in [5.41, 5.74) is 7.09. The zero-order valence-electron chi connectivity index (χ0n) is 19.7. The van der Waals surface area contributed by atoms with Crippen LogP contribution in [0.15, 0.2) is 78.9 Å². The van der Waals surface area contributed by atoms with Crippen LogP contribution in [0.3, 0.4) is 0 Å². The van der Waals surface area contributed by atoms with Gasteiger partial charge in [-0.3, -0.25) is 4.79 Å². The summed E-state index contributed by atoms with van der Waals surface area (Å²) in [5, 5.41) is 1.41. The normalized spacial score (nSPS) is 11.2. The molecule has 0 N–H and O–H groups in total. The number of hydrogen-bond donors (Lipinski definition) is 0. The molecule has 0 aliphatic carbocycles. The third kappa shape index (κ3) is 5.44. The largest absolute Gasteiger partial charge is 0.309 e. The molecule has 1 heterocycles. The molecule has 0 fully saturated rings. The van der Waals surface area contributed by atoms with Gasteiger partial charge < -0.3 is 9.47 Å². The molecular weight excluding hydrogens is 463 g/mol. The predicted octanol–water partition coefficient (Wildman–Crippen LogP) is 7.95. The van der Waals surface area contributed by atoms with Gasteiger partial charge in [-0.2, -0.15) is 0 Å². The van der Waals surface area contributed by atoms with Crippen molar-refractivity contribution < 1.29 is 4.79 Å². The Kier molecular flexibility index (Phi) is 7.57. The van der Waals surface area contributed by atoms with Gasteiger partial charge in [0.15, 0.2) is 5.78 Å². The smallest absolute Gasteiger partial charge is 0.162 e. The predicted molar refractivity (Wildman–Crippen MR) is 144 cm³/mol. The fourth-order valence-electron chi connectivity index (χ4n) is 4.16. The average Bonchev–Trinajstić information content (AvgIpc) is 3.24. The number of halogens is 2. The number of carbonyl (C=O) groups is 1. The van der Waals surface area contributed by atoms with E-state index in [0.717, 1.165) is 52.3 Å². The van der Waals surface area contributed by atoms with E-state index in [4.69, 9.17) is 23.2 Å². The lowest BCUT2D eigenvalue weighted by atomic mass is 10.0. The van der Waals surface area contributed by atoms with Gasteiger partial charge in [0.1, 0.15) is 0 Å². The molecule has 34 heavy (non-hydrogen) atoms.